The van der Waals surface area contributed by atoms with Crippen LogP contribution in [0.25, 0.3) is 0 Å². The minimum atomic E-state index is -0.00292. The van der Waals surface area contributed by atoms with E-state index in [-0.39, 0.29) is 5.91 Å². The summed E-state index contributed by atoms with van der Waals surface area (Å²) in [7, 11) is 2.02. The van der Waals surface area contributed by atoms with Gasteiger partial charge in [-0.25, -0.2) is 0 Å². The van der Waals surface area contributed by atoms with Crippen LogP contribution in [0.1, 0.15) is 12.0 Å². The Morgan fingerprint density at radius 1 is 1.22 bits per heavy atom. The maximum atomic E-state index is 12.0. The molecule has 0 spiro atoms. The lowest BCUT2D eigenvalue weighted by atomic mass is 10.2. The zero-order valence-electron chi connectivity index (χ0n) is 13.4. The number of hydrogen-bond acceptors (Lipinski definition) is 3. The number of amides is 1. The molecule has 0 aromatic heterocycles. The normalized spacial score (nSPS) is 10.8. The molecule has 2 rings (SSSR count). The molecule has 0 heterocycles. The highest BCUT2D eigenvalue weighted by atomic mass is 35.5. The van der Waals surface area contributed by atoms with Gasteiger partial charge in [0.05, 0.1) is 0 Å². The molecule has 0 radical (unpaired) electrons. The van der Waals surface area contributed by atoms with Crippen molar-refractivity contribution in [3.05, 3.63) is 59.1 Å². The van der Waals surface area contributed by atoms with E-state index in [2.05, 4.69) is 40.7 Å². The molecule has 0 fully saturated rings. The number of nitrogens with zero attached hydrogens (tertiary/aromatic N) is 1. The molecule has 1 N–H and O–H groups in total. The van der Waals surface area contributed by atoms with Crippen molar-refractivity contribution in [2.24, 2.45) is 0 Å². The lowest BCUT2D eigenvalue weighted by Crippen LogP contribution is -2.24. The van der Waals surface area contributed by atoms with E-state index in [1.807, 2.05) is 19.2 Å². The molecule has 0 bridgehead atoms. The molecule has 5 heteroatoms. The summed E-state index contributed by atoms with van der Waals surface area (Å²) in [6.07, 6.45) is 2.52. The van der Waals surface area contributed by atoms with E-state index in [9.17, 15) is 4.79 Å². The summed E-state index contributed by atoms with van der Waals surface area (Å²) in [6.45, 7) is 1.54. The first-order valence-electron chi connectivity index (χ1n) is 7.43. The van der Waals surface area contributed by atoms with Crippen molar-refractivity contribution >= 4 is 35.0 Å². The van der Waals surface area contributed by atoms with Gasteiger partial charge in [-0.2, -0.15) is 0 Å². The Balaban J connectivity index is 1.76. The minimum absolute atomic E-state index is 0.00292. The average Bonchev–Trinajstić information content (AvgIpc) is 2.54. The number of halogens is 1. The van der Waals surface area contributed by atoms with E-state index >= 15 is 0 Å². The molecule has 2 aromatic carbocycles. The zero-order valence-corrected chi connectivity index (χ0v) is 15.0. The maximum absolute atomic E-state index is 12.0. The molecule has 0 aliphatic carbocycles. The van der Waals surface area contributed by atoms with Crippen LogP contribution in [0.4, 0.5) is 5.69 Å². The van der Waals surface area contributed by atoms with Crippen LogP contribution in [-0.4, -0.2) is 30.7 Å². The van der Waals surface area contributed by atoms with Gasteiger partial charge in [-0.05, 0) is 49.2 Å². The van der Waals surface area contributed by atoms with Crippen molar-refractivity contribution in [2.75, 3.05) is 25.2 Å². The first kappa shape index (κ1) is 17.9. The van der Waals surface area contributed by atoms with Crippen molar-refractivity contribution in [3.63, 3.8) is 0 Å². The largest absolute Gasteiger partial charge is 0.326 e. The Labute approximate surface area is 147 Å². The average molecular weight is 349 g/mol. The fraction of sp³-hybridized carbons (Fsp3) is 0.278. The number of nitrogens with one attached hydrogen (secondary N) is 1. The van der Waals surface area contributed by atoms with Crippen LogP contribution in [0.5, 0.6) is 0 Å². The van der Waals surface area contributed by atoms with E-state index in [1.54, 1.807) is 23.9 Å². The number of hydrogen-bond donors (Lipinski definition) is 1. The van der Waals surface area contributed by atoms with Crippen molar-refractivity contribution in [2.45, 2.75) is 17.9 Å². The summed E-state index contributed by atoms with van der Waals surface area (Å²) in [5, 5.41) is 3.48. The van der Waals surface area contributed by atoms with Crippen LogP contribution in [0.2, 0.25) is 5.02 Å². The standard InChI is InChI=1S/C18H21ClN2OS/c1-21(13-14-6-8-17(23-2)9-7-14)11-10-18(22)20-16-5-3-4-15(19)12-16/h3-9,12H,10-11,13H2,1-2H3,(H,20,22). The van der Waals surface area contributed by atoms with E-state index in [1.165, 1.54) is 10.5 Å². The van der Waals surface area contributed by atoms with Crippen LogP contribution in [0.3, 0.4) is 0 Å². The molecule has 0 aliphatic rings. The summed E-state index contributed by atoms with van der Waals surface area (Å²) in [4.78, 5) is 15.4. The zero-order chi connectivity index (χ0) is 16.7. The molecule has 122 valence electrons. The lowest BCUT2D eigenvalue weighted by molar-refractivity contribution is -0.116. The molecule has 0 saturated carbocycles. The molecule has 3 nitrogen and oxygen atoms in total. The fourth-order valence-electron chi connectivity index (χ4n) is 2.20. The van der Waals surface area contributed by atoms with Crippen LogP contribution >= 0.6 is 23.4 Å². The van der Waals surface area contributed by atoms with E-state index in [0.717, 1.165) is 12.2 Å². The summed E-state index contributed by atoms with van der Waals surface area (Å²) in [6, 6.07) is 15.7. The monoisotopic (exact) mass is 348 g/mol. The first-order chi connectivity index (χ1) is 11.1. The van der Waals surface area contributed by atoms with Gasteiger partial charge in [-0.15, -0.1) is 11.8 Å². The Kier molecular flexibility index (Phi) is 6.96. The number of carbonyl (C=O) groups excluding carboxylic acids is 1. The molecular formula is C18H21ClN2OS. The van der Waals surface area contributed by atoms with Gasteiger partial charge < -0.3 is 10.2 Å². The van der Waals surface area contributed by atoms with Crippen LogP contribution in [0, 0.1) is 0 Å². The van der Waals surface area contributed by atoms with Gasteiger partial charge in [-0.3, -0.25) is 4.79 Å². The molecule has 23 heavy (non-hydrogen) atoms. The molecule has 0 unspecified atom stereocenters. The molecule has 0 atom stereocenters. The van der Waals surface area contributed by atoms with Gasteiger partial charge >= 0.3 is 0 Å². The third-order valence-electron chi connectivity index (χ3n) is 3.44. The van der Waals surface area contributed by atoms with Crippen molar-refractivity contribution in [1.29, 1.82) is 0 Å². The number of anilines is 1. The predicted molar refractivity (Wildman–Crippen MR) is 99.3 cm³/mol. The highest BCUT2D eigenvalue weighted by Crippen LogP contribution is 2.16. The second-order valence-corrected chi connectivity index (χ2v) is 6.71. The van der Waals surface area contributed by atoms with Gasteiger partial charge in [0, 0.05) is 35.1 Å². The molecule has 2 aromatic rings. The third-order valence-corrected chi connectivity index (χ3v) is 4.42. The lowest BCUT2D eigenvalue weighted by Gasteiger charge is -2.16. The van der Waals surface area contributed by atoms with Crippen LogP contribution < -0.4 is 5.32 Å². The Bertz CT molecular complexity index is 646. The topological polar surface area (TPSA) is 32.3 Å². The quantitative estimate of drug-likeness (QED) is 0.746. The first-order valence-corrected chi connectivity index (χ1v) is 9.04. The summed E-state index contributed by atoms with van der Waals surface area (Å²) >= 11 is 7.64. The van der Waals surface area contributed by atoms with Crippen LogP contribution in [0.15, 0.2) is 53.4 Å². The number of carbonyl (C=O) groups is 1. The maximum Gasteiger partial charge on any atom is 0.225 e. The third kappa shape index (κ3) is 6.26. The number of benzene rings is 2. The Morgan fingerprint density at radius 3 is 2.61 bits per heavy atom. The minimum Gasteiger partial charge on any atom is -0.326 e. The van der Waals surface area contributed by atoms with E-state index in [0.29, 0.717) is 18.0 Å². The van der Waals surface area contributed by atoms with Gasteiger partial charge in [0.2, 0.25) is 5.91 Å². The van der Waals surface area contributed by atoms with E-state index < -0.39 is 0 Å². The summed E-state index contributed by atoms with van der Waals surface area (Å²) < 4.78 is 0. The van der Waals surface area contributed by atoms with E-state index in [4.69, 9.17) is 11.6 Å². The van der Waals surface area contributed by atoms with Gasteiger partial charge in [0.1, 0.15) is 0 Å². The van der Waals surface area contributed by atoms with Crippen molar-refractivity contribution < 1.29 is 4.79 Å². The molecule has 0 aliphatic heterocycles. The molecule has 0 saturated heterocycles. The molecule has 1 amide bonds. The summed E-state index contributed by atoms with van der Waals surface area (Å²) in [5.74, 6) is -0.00292. The Morgan fingerprint density at radius 2 is 1.96 bits per heavy atom. The van der Waals surface area contributed by atoms with Gasteiger partial charge in [0.15, 0.2) is 0 Å². The second kappa shape index (κ2) is 8.96. The SMILES string of the molecule is CSc1ccc(CN(C)CCC(=O)Nc2cccc(Cl)c2)cc1. The van der Waals surface area contributed by atoms with Crippen molar-refractivity contribution in [3.8, 4) is 0 Å². The summed E-state index contributed by atoms with van der Waals surface area (Å²) in [5.41, 5.74) is 1.98. The highest BCUT2D eigenvalue weighted by Gasteiger charge is 2.06. The van der Waals surface area contributed by atoms with Crippen LogP contribution in [-0.2, 0) is 11.3 Å². The predicted octanol–water partition coefficient (Wildman–Crippen LogP) is 4.52. The fourth-order valence-corrected chi connectivity index (χ4v) is 2.80. The molecular weight excluding hydrogens is 328 g/mol. The van der Waals surface area contributed by atoms with Crippen molar-refractivity contribution in [1.82, 2.24) is 4.90 Å². The smallest absolute Gasteiger partial charge is 0.225 e. The van der Waals surface area contributed by atoms with Gasteiger partial charge in [0.25, 0.3) is 0 Å². The number of thioether (sulfide) groups is 1. The second-order valence-electron chi connectivity index (χ2n) is 5.39. The highest BCUT2D eigenvalue weighted by molar-refractivity contribution is 7.98. The number of rotatable bonds is 7. The Hall–Kier alpha value is -1.49. The van der Waals surface area contributed by atoms with Gasteiger partial charge in [-0.1, -0.05) is 29.8 Å².